The van der Waals surface area contributed by atoms with E-state index in [2.05, 4.69) is 27.2 Å². The van der Waals surface area contributed by atoms with E-state index in [1.165, 1.54) is 6.08 Å². The van der Waals surface area contributed by atoms with Gasteiger partial charge >= 0.3 is 0 Å². The van der Waals surface area contributed by atoms with E-state index in [0.717, 1.165) is 17.7 Å². The molecule has 0 saturated carbocycles. The summed E-state index contributed by atoms with van der Waals surface area (Å²) in [6.45, 7) is 7.08. The molecule has 0 radical (unpaired) electrons. The zero-order valence-corrected chi connectivity index (χ0v) is 21.4. The Balaban J connectivity index is 1.54. The summed E-state index contributed by atoms with van der Waals surface area (Å²) in [7, 11) is 1.54. The highest BCUT2D eigenvalue weighted by molar-refractivity contribution is 6.32. The number of nitrogens with one attached hydrogen (secondary N) is 3. The molecule has 1 unspecified atom stereocenters. The van der Waals surface area contributed by atoms with Crippen LogP contribution in [0.4, 0.5) is 11.4 Å². The lowest BCUT2D eigenvalue weighted by Gasteiger charge is -2.49. The largest absolute Gasteiger partial charge is 0.493 e. The van der Waals surface area contributed by atoms with Crippen molar-refractivity contribution in [2.45, 2.75) is 25.3 Å². The van der Waals surface area contributed by atoms with Gasteiger partial charge < -0.3 is 30.0 Å². The molecule has 2 aliphatic heterocycles. The highest BCUT2D eigenvalue weighted by Gasteiger charge is 2.43. The number of nitrogens with zero attached hydrogens (tertiary/aromatic N) is 2. The summed E-state index contributed by atoms with van der Waals surface area (Å²) in [5.74, 6) is 0.706. The average Bonchev–Trinajstić information content (AvgIpc) is 3.26. The minimum Gasteiger partial charge on any atom is -0.493 e. The van der Waals surface area contributed by atoms with Crippen molar-refractivity contribution >= 4 is 34.8 Å². The van der Waals surface area contributed by atoms with E-state index in [4.69, 9.17) is 21.1 Å². The molecule has 0 aliphatic carbocycles. The lowest BCUT2D eigenvalue weighted by Crippen LogP contribution is -2.62. The van der Waals surface area contributed by atoms with E-state index in [1.54, 1.807) is 30.5 Å². The summed E-state index contributed by atoms with van der Waals surface area (Å²) in [6, 6.07) is 7.21. The molecular formula is C27H28ClN5O4. The Kier molecular flexibility index (Phi) is 6.55. The van der Waals surface area contributed by atoms with Gasteiger partial charge in [-0.2, -0.15) is 0 Å². The molecule has 1 atom stereocenters. The molecule has 1 saturated heterocycles. The van der Waals surface area contributed by atoms with Gasteiger partial charge in [-0.25, -0.2) is 0 Å². The number of aromatic nitrogens is 2. The molecule has 37 heavy (non-hydrogen) atoms. The molecule has 2 aliphatic rings. The zero-order chi connectivity index (χ0) is 26.2. The molecule has 1 aromatic carbocycles. The predicted molar refractivity (Wildman–Crippen MR) is 142 cm³/mol. The van der Waals surface area contributed by atoms with E-state index >= 15 is 0 Å². The summed E-state index contributed by atoms with van der Waals surface area (Å²) in [6.07, 6.45) is 6.11. The maximum absolute atomic E-state index is 13.0. The zero-order valence-electron chi connectivity index (χ0n) is 20.7. The van der Waals surface area contributed by atoms with Crippen LogP contribution in [0.3, 0.4) is 0 Å². The van der Waals surface area contributed by atoms with Crippen molar-refractivity contribution in [1.82, 2.24) is 20.2 Å². The van der Waals surface area contributed by atoms with Crippen molar-refractivity contribution in [3.05, 3.63) is 65.6 Å². The number of aromatic amines is 1. The first-order valence-electron chi connectivity index (χ1n) is 12.0. The van der Waals surface area contributed by atoms with Crippen molar-refractivity contribution in [3.8, 4) is 22.8 Å². The van der Waals surface area contributed by atoms with Crippen LogP contribution < -0.4 is 20.1 Å². The van der Waals surface area contributed by atoms with E-state index in [0.29, 0.717) is 58.7 Å². The number of hydrogen-bond acceptors (Lipinski definition) is 6. The highest BCUT2D eigenvalue weighted by Crippen LogP contribution is 2.43. The smallest absolute Gasteiger partial charge is 0.255 e. The van der Waals surface area contributed by atoms with Gasteiger partial charge in [0.15, 0.2) is 5.75 Å². The third kappa shape index (κ3) is 4.40. The number of likely N-dealkylation sites (tertiary alicyclic amines) is 1. The van der Waals surface area contributed by atoms with Crippen molar-refractivity contribution in [1.29, 1.82) is 0 Å². The molecule has 9 nitrogen and oxygen atoms in total. The quantitative estimate of drug-likeness (QED) is 0.381. The first-order valence-corrected chi connectivity index (χ1v) is 12.4. The first kappa shape index (κ1) is 24.7. The Labute approximate surface area is 219 Å². The Bertz CT molecular complexity index is 1390. The number of fused-ring (bicyclic) bond motifs is 1. The second kappa shape index (κ2) is 9.82. The van der Waals surface area contributed by atoms with Crippen molar-refractivity contribution in [2.75, 3.05) is 32.1 Å². The van der Waals surface area contributed by atoms with Crippen LogP contribution in [0, 0.1) is 0 Å². The molecule has 3 aromatic rings. The standard InChI is InChI=1S/C27H28ClN5O4/c1-4-21(34)33-13-10-27(33,2)15-37-20-14-29-11-8-16(20)23-24(22-18(31-23)9-12-30-26(22)35)32-19-7-5-6-17(28)25(19)36-3/h4-8,11,14,31-32H,1,9-10,12-13,15H2,2-3H3,(H,30,35). The minimum absolute atomic E-state index is 0.117. The summed E-state index contributed by atoms with van der Waals surface area (Å²) in [5, 5.41) is 6.75. The fourth-order valence-electron chi connectivity index (χ4n) is 4.83. The monoisotopic (exact) mass is 521 g/mol. The molecule has 2 aromatic heterocycles. The van der Waals surface area contributed by atoms with Crippen LogP contribution >= 0.6 is 11.6 Å². The molecule has 0 bridgehead atoms. The van der Waals surface area contributed by atoms with Crippen molar-refractivity contribution in [2.24, 2.45) is 0 Å². The topological polar surface area (TPSA) is 109 Å². The second-order valence-electron chi connectivity index (χ2n) is 9.28. The minimum atomic E-state index is -0.442. The summed E-state index contributed by atoms with van der Waals surface area (Å²) in [4.78, 5) is 34.6. The van der Waals surface area contributed by atoms with Gasteiger partial charge in [-0.3, -0.25) is 14.6 Å². The Morgan fingerprint density at radius 3 is 2.95 bits per heavy atom. The molecule has 4 heterocycles. The number of hydrogen-bond donors (Lipinski definition) is 3. The number of carbonyl (C=O) groups excluding carboxylic acids is 2. The number of anilines is 2. The number of halogens is 1. The predicted octanol–water partition coefficient (Wildman–Crippen LogP) is 4.32. The third-order valence-electron chi connectivity index (χ3n) is 6.95. The van der Waals surface area contributed by atoms with E-state index in [-0.39, 0.29) is 18.4 Å². The summed E-state index contributed by atoms with van der Waals surface area (Å²) in [5.41, 5.74) is 3.52. The molecule has 3 N–H and O–H groups in total. The van der Waals surface area contributed by atoms with Gasteiger partial charge in [0.05, 0.1) is 46.5 Å². The molecule has 192 valence electrons. The maximum Gasteiger partial charge on any atom is 0.255 e. The Morgan fingerprint density at radius 1 is 1.38 bits per heavy atom. The molecular weight excluding hydrogens is 494 g/mol. The number of amides is 2. The van der Waals surface area contributed by atoms with Crippen LogP contribution in [0.25, 0.3) is 11.3 Å². The fourth-order valence-corrected chi connectivity index (χ4v) is 5.08. The van der Waals surface area contributed by atoms with Crippen LogP contribution in [-0.4, -0.2) is 59.0 Å². The van der Waals surface area contributed by atoms with Crippen molar-refractivity contribution in [3.63, 3.8) is 0 Å². The molecule has 1 fully saturated rings. The number of H-pyrrole nitrogens is 1. The SMILES string of the molecule is C=CC(=O)N1CCC1(C)COc1cnccc1-c1[nH]c2c(c1Nc1cccc(Cl)c1OC)C(=O)NCC2. The number of para-hydroxylation sites is 1. The lowest BCUT2D eigenvalue weighted by molar-refractivity contribution is -0.142. The summed E-state index contributed by atoms with van der Waals surface area (Å²) >= 11 is 6.36. The average molecular weight is 522 g/mol. The van der Waals surface area contributed by atoms with Gasteiger partial charge in [-0.1, -0.05) is 24.2 Å². The van der Waals surface area contributed by atoms with Gasteiger partial charge in [0.1, 0.15) is 12.4 Å². The van der Waals surface area contributed by atoms with Gasteiger partial charge in [0.2, 0.25) is 5.91 Å². The number of rotatable bonds is 8. The molecule has 2 amide bonds. The fraction of sp³-hybridized carbons (Fsp3) is 0.296. The van der Waals surface area contributed by atoms with Crippen LogP contribution in [0.1, 0.15) is 29.4 Å². The van der Waals surface area contributed by atoms with Gasteiger partial charge in [-0.15, -0.1) is 0 Å². The van der Waals surface area contributed by atoms with Gasteiger partial charge in [0.25, 0.3) is 5.91 Å². The second-order valence-corrected chi connectivity index (χ2v) is 9.69. The van der Waals surface area contributed by atoms with E-state index < -0.39 is 5.54 Å². The number of carbonyl (C=O) groups is 2. The molecule has 10 heteroatoms. The van der Waals surface area contributed by atoms with Gasteiger partial charge in [-0.05, 0) is 37.6 Å². The normalized spacial score (nSPS) is 18.4. The number of pyridine rings is 1. The highest BCUT2D eigenvalue weighted by atomic mass is 35.5. The van der Waals surface area contributed by atoms with Crippen LogP contribution in [0.5, 0.6) is 11.5 Å². The van der Waals surface area contributed by atoms with Crippen molar-refractivity contribution < 1.29 is 19.1 Å². The third-order valence-corrected chi connectivity index (χ3v) is 7.25. The Morgan fingerprint density at radius 2 is 2.22 bits per heavy atom. The summed E-state index contributed by atoms with van der Waals surface area (Å²) < 4.78 is 11.8. The van der Waals surface area contributed by atoms with Crippen LogP contribution in [0.2, 0.25) is 5.02 Å². The van der Waals surface area contributed by atoms with E-state index in [9.17, 15) is 9.59 Å². The number of ether oxygens (including phenoxy) is 2. The van der Waals surface area contributed by atoms with Crippen LogP contribution in [-0.2, 0) is 11.2 Å². The molecule has 5 rings (SSSR count). The number of methoxy groups -OCH3 is 1. The Hall–Kier alpha value is -3.98. The number of benzene rings is 1. The van der Waals surface area contributed by atoms with Gasteiger partial charge in [0, 0.05) is 37.0 Å². The van der Waals surface area contributed by atoms with E-state index in [1.807, 2.05) is 25.1 Å². The first-order chi connectivity index (χ1) is 17.9. The maximum atomic E-state index is 13.0. The van der Waals surface area contributed by atoms with Crippen LogP contribution in [0.15, 0.2) is 49.3 Å². The molecule has 0 spiro atoms. The lowest BCUT2D eigenvalue weighted by atomic mass is 9.87.